The molecule has 0 bridgehead atoms. The van der Waals surface area contributed by atoms with E-state index in [1.807, 2.05) is 0 Å². The van der Waals surface area contributed by atoms with Crippen LogP contribution in [0.25, 0.3) is 0 Å². The third-order valence-electron chi connectivity index (χ3n) is 4.04. The van der Waals surface area contributed by atoms with Crippen molar-refractivity contribution < 1.29 is 15.1 Å². The molecule has 0 saturated heterocycles. The zero-order valence-corrected chi connectivity index (χ0v) is 12.1. The van der Waals surface area contributed by atoms with Crippen molar-refractivity contribution in [3.05, 3.63) is 38.8 Å². The summed E-state index contributed by atoms with van der Waals surface area (Å²) >= 11 is 0. The maximum absolute atomic E-state index is 10.3. The molecule has 0 saturated carbocycles. The fraction of sp³-hybridized carbons (Fsp3) is 0.600. The Kier molecular flexibility index (Phi) is 3.52. The van der Waals surface area contributed by atoms with Gasteiger partial charge in [0, 0.05) is 6.42 Å². The Morgan fingerprint density at radius 3 is 2.68 bits per heavy atom. The van der Waals surface area contributed by atoms with Gasteiger partial charge in [-0.25, -0.2) is 5.21 Å². The van der Waals surface area contributed by atoms with Crippen molar-refractivity contribution in [3.8, 4) is 0 Å². The molecular formula is C15H22NO3+. The molecule has 0 unspecified atom stereocenters. The van der Waals surface area contributed by atoms with Crippen LogP contribution in [0.4, 0.5) is 0 Å². The fourth-order valence-corrected chi connectivity index (χ4v) is 3.23. The van der Waals surface area contributed by atoms with Crippen LogP contribution < -0.4 is 0 Å². The van der Waals surface area contributed by atoms with E-state index in [4.69, 9.17) is 5.21 Å². The van der Waals surface area contributed by atoms with Gasteiger partial charge in [-0.2, -0.15) is 4.84 Å². The van der Waals surface area contributed by atoms with E-state index in [-0.39, 0.29) is 6.61 Å². The second-order valence-electron chi connectivity index (χ2n) is 6.27. The van der Waals surface area contributed by atoms with E-state index in [1.165, 1.54) is 27.8 Å². The summed E-state index contributed by atoms with van der Waals surface area (Å²) < 4.78 is 0. The summed E-state index contributed by atoms with van der Waals surface area (Å²) in [5, 5.41) is 7.98. The van der Waals surface area contributed by atoms with Gasteiger partial charge in [-0.3, -0.25) is 0 Å². The number of hydrogen-bond donors (Lipinski definition) is 1. The average molecular weight is 264 g/mol. The SMILES string of the molecule is Cc1cc2c(c(C)c1CCO[N+](=O)O)CC(C)(C)C2. The largest absolute Gasteiger partial charge is 0.475 e. The normalized spacial score (nSPS) is 16.2. The molecule has 0 atom stereocenters. The second-order valence-corrected chi connectivity index (χ2v) is 6.27. The van der Waals surface area contributed by atoms with Crippen LogP contribution in [0.1, 0.15) is 41.7 Å². The van der Waals surface area contributed by atoms with Crippen molar-refractivity contribution in [2.75, 3.05) is 6.61 Å². The Balaban J connectivity index is 2.25. The lowest BCUT2D eigenvalue weighted by atomic mass is 9.89. The zero-order valence-electron chi connectivity index (χ0n) is 12.1. The van der Waals surface area contributed by atoms with Gasteiger partial charge in [0.1, 0.15) is 4.91 Å². The van der Waals surface area contributed by atoms with Gasteiger partial charge in [0.25, 0.3) is 0 Å². The molecule has 0 aromatic heterocycles. The second kappa shape index (κ2) is 4.83. The van der Waals surface area contributed by atoms with Crippen LogP contribution in [0.5, 0.6) is 0 Å². The van der Waals surface area contributed by atoms with Crippen LogP contribution in [0.2, 0.25) is 0 Å². The molecular weight excluding hydrogens is 242 g/mol. The van der Waals surface area contributed by atoms with Gasteiger partial charge in [0.05, 0.1) is 0 Å². The minimum atomic E-state index is -0.471. The first-order valence-corrected chi connectivity index (χ1v) is 6.70. The van der Waals surface area contributed by atoms with Crippen molar-refractivity contribution in [1.29, 1.82) is 0 Å². The molecule has 0 amide bonds. The lowest BCUT2D eigenvalue weighted by Crippen LogP contribution is -2.10. The monoisotopic (exact) mass is 264 g/mol. The fourth-order valence-electron chi connectivity index (χ4n) is 3.23. The summed E-state index contributed by atoms with van der Waals surface area (Å²) in [6, 6.07) is 2.26. The molecule has 1 aromatic rings. The lowest BCUT2D eigenvalue weighted by molar-refractivity contribution is -0.975. The van der Waals surface area contributed by atoms with Crippen LogP contribution in [-0.2, 0) is 24.1 Å². The number of aryl methyl sites for hydroxylation is 1. The molecule has 0 aliphatic heterocycles. The van der Waals surface area contributed by atoms with Gasteiger partial charge < -0.3 is 0 Å². The van der Waals surface area contributed by atoms with Crippen LogP contribution in [0.3, 0.4) is 0 Å². The molecule has 1 N–H and O–H groups in total. The highest BCUT2D eigenvalue weighted by molar-refractivity contribution is 5.48. The van der Waals surface area contributed by atoms with Crippen molar-refractivity contribution >= 4 is 0 Å². The summed E-state index contributed by atoms with van der Waals surface area (Å²) in [4.78, 5) is 14.9. The summed E-state index contributed by atoms with van der Waals surface area (Å²) in [6.45, 7) is 9.04. The number of nitrogens with zero attached hydrogens (tertiary/aromatic N) is 1. The highest BCUT2D eigenvalue weighted by Crippen LogP contribution is 2.39. The van der Waals surface area contributed by atoms with Crippen molar-refractivity contribution in [1.82, 2.24) is 0 Å². The van der Waals surface area contributed by atoms with Gasteiger partial charge in [0.2, 0.25) is 0 Å². The molecule has 104 valence electrons. The number of benzene rings is 1. The van der Waals surface area contributed by atoms with Crippen LogP contribution in [0, 0.1) is 24.2 Å². The van der Waals surface area contributed by atoms with E-state index in [0.717, 1.165) is 12.8 Å². The Morgan fingerprint density at radius 1 is 1.37 bits per heavy atom. The summed E-state index contributed by atoms with van der Waals surface area (Å²) in [7, 11) is 0. The lowest BCUT2D eigenvalue weighted by Gasteiger charge is -2.15. The van der Waals surface area contributed by atoms with Crippen LogP contribution in [0.15, 0.2) is 6.07 Å². The van der Waals surface area contributed by atoms with E-state index in [9.17, 15) is 4.91 Å². The van der Waals surface area contributed by atoms with Gasteiger partial charge in [-0.1, -0.05) is 19.9 Å². The van der Waals surface area contributed by atoms with Gasteiger partial charge in [-0.15, -0.1) is 0 Å². The van der Waals surface area contributed by atoms with E-state index in [1.54, 1.807) is 0 Å². The van der Waals surface area contributed by atoms with E-state index < -0.39 is 5.09 Å². The third-order valence-corrected chi connectivity index (χ3v) is 4.04. The minimum Gasteiger partial charge on any atom is -0.200 e. The number of hydrogen-bond acceptors (Lipinski definition) is 2. The Morgan fingerprint density at radius 2 is 2.05 bits per heavy atom. The molecule has 1 aliphatic carbocycles. The molecule has 4 heteroatoms. The zero-order chi connectivity index (χ0) is 14.2. The Labute approximate surface area is 113 Å². The Bertz CT molecular complexity index is 521. The predicted molar refractivity (Wildman–Crippen MR) is 72.2 cm³/mol. The molecule has 4 nitrogen and oxygen atoms in total. The van der Waals surface area contributed by atoms with Gasteiger partial charge in [-0.05, 0) is 59.9 Å². The topological polar surface area (TPSA) is 49.5 Å². The van der Waals surface area contributed by atoms with Gasteiger partial charge in [0.15, 0.2) is 6.61 Å². The summed E-state index contributed by atoms with van der Waals surface area (Å²) in [5.41, 5.74) is 7.04. The third kappa shape index (κ3) is 2.88. The molecule has 0 fully saturated rings. The van der Waals surface area contributed by atoms with Crippen LogP contribution >= 0.6 is 0 Å². The van der Waals surface area contributed by atoms with Crippen molar-refractivity contribution in [3.63, 3.8) is 0 Å². The van der Waals surface area contributed by atoms with E-state index in [0.29, 0.717) is 11.8 Å². The summed E-state index contributed by atoms with van der Waals surface area (Å²) in [5.74, 6) is 0. The molecule has 0 radical (unpaired) electrons. The highest BCUT2D eigenvalue weighted by Gasteiger charge is 2.30. The molecule has 1 aliphatic rings. The van der Waals surface area contributed by atoms with E-state index >= 15 is 0 Å². The van der Waals surface area contributed by atoms with Crippen molar-refractivity contribution in [2.24, 2.45) is 5.41 Å². The van der Waals surface area contributed by atoms with Gasteiger partial charge >= 0.3 is 5.09 Å². The molecule has 19 heavy (non-hydrogen) atoms. The summed E-state index contributed by atoms with van der Waals surface area (Å²) in [6.07, 6.45) is 2.88. The van der Waals surface area contributed by atoms with E-state index in [2.05, 4.69) is 38.6 Å². The standard InChI is InChI=1S/C15H22NO3/c1-10-7-12-8-15(3,4)9-14(12)11(2)13(10)5-6-19-16(17)18/h7H,5-6,8-9H2,1-4H3,(H,17,18)/q+1. The quantitative estimate of drug-likeness (QED) is 0.850. The average Bonchev–Trinajstić information content (AvgIpc) is 2.57. The minimum absolute atomic E-state index is 0.198. The first kappa shape index (κ1) is 13.8. The maximum atomic E-state index is 10.3. The number of rotatable bonds is 4. The van der Waals surface area contributed by atoms with Crippen molar-refractivity contribution in [2.45, 2.75) is 47.0 Å². The van der Waals surface area contributed by atoms with Crippen LogP contribution in [-0.4, -0.2) is 16.9 Å². The molecule has 1 aromatic carbocycles. The Hall–Kier alpha value is -1.58. The predicted octanol–water partition coefficient (Wildman–Crippen LogP) is 3.07. The molecule has 0 spiro atoms. The number of fused-ring (bicyclic) bond motifs is 1. The molecule has 2 rings (SSSR count). The first-order chi connectivity index (χ1) is 8.80. The highest BCUT2D eigenvalue weighted by atomic mass is 16.9. The maximum Gasteiger partial charge on any atom is 0.475 e. The smallest absolute Gasteiger partial charge is 0.200 e. The molecule has 0 heterocycles. The first-order valence-electron chi connectivity index (χ1n) is 6.70.